The summed E-state index contributed by atoms with van der Waals surface area (Å²) in [6.07, 6.45) is 2.76. The third-order valence-corrected chi connectivity index (χ3v) is 5.56. The molecule has 132 valence electrons. The van der Waals surface area contributed by atoms with Crippen LogP contribution in [0.25, 0.3) is 0 Å². The molecule has 2 aliphatic heterocycles. The summed E-state index contributed by atoms with van der Waals surface area (Å²) in [7, 11) is -3.14. The molecule has 0 saturated carbocycles. The summed E-state index contributed by atoms with van der Waals surface area (Å²) in [6, 6.07) is 5.54. The van der Waals surface area contributed by atoms with Gasteiger partial charge in [-0.2, -0.15) is 0 Å². The van der Waals surface area contributed by atoms with Gasteiger partial charge in [-0.3, -0.25) is 4.79 Å². The molecule has 2 heterocycles. The van der Waals surface area contributed by atoms with Gasteiger partial charge in [0.2, 0.25) is 15.9 Å². The molecule has 0 unspecified atom stereocenters. The van der Waals surface area contributed by atoms with E-state index < -0.39 is 10.0 Å². The highest BCUT2D eigenvalue weighted by molar-refractivity contribution is 7.88. The third-order valence-electron chi connectivity index (χ3n) is 4.26. The number of amides is 1. The quantitative estimate of drug-likeness (QED) is 0.853. The Morgan fingerprint density at radius 2 is 1.88 bits per heavy atom. The number of piperidine rings is 1. The van der Waals surface area contributed by atoms with E-state index in [9.17, 15) is 13.2 Å². The molecule has 1 N–H and O–H groups in total. The number of fused-ring (bicyclic) bond motifs is 1. The first-order chi connectivity index (χ1) is 11.4. The molecule has 1 aromatic carbocycles. The lowest BCUT2D eigenvalue weighted by Gasteiger charge is -2.30. The Labute approximate surface area is 142 Å². The molecular formula is C16H22N2O5S. The second-order valence-electron chi connectivity index (χ2n) is 6.16. The third kappa shape index (κ3) is 4.18. The number of carbonyl (C=O) groups excluding carboxylic acids is 1. The van der Waals surface area contributed by atoms with E-state index in [1.54, 1.807) is 0 Å². The molecule has 0 bridgehead atoms. The number of sulfonamides is 1. The molecule has 3 rings (SSSR count). The lowest BCUT2D eigenvalue weighted by Crippen LogP contribution is -2.46. The van der Waals surface area contributed by atoms with E-state index in [1.165, 1.54) is 10.6 Å². The van der Waals surface area contributed by atoms with Gasteiger partial charge in [0.05, 0.1) is 12.7 Å². The van der Waals surface area contributed by atoms with E-state index in [1.807, 2.05) is 18.2 Å². The number of nitrogens with one attached hydrogen (secondary N) is 1. The number of ether oxygens (including phenoxy) is 2. The van der Waals surface area contributed by atoms with Crippen molar-refractivity contribution in [3.8, 4) is 11.5 Å². The van der Waals surface area contributed by atoms with Crippen LogP contribution in [0.3, 0.4) is 0 Å². The average Bonchev–Trinajstić information content (AvgIpc) is 2.54. The van der Waals surface area contributed by atoms with E-state index in [2.05, 4.69) is 5.32 Å². The Bertz CT molecular complexity index is 711. The summed E-state index contributed by atoms with van der Waals surface area (Å²) in [5.74, 6) is 1.32. The second-order valence-corrected chi connectivity index (χ2v) is 8.14. The van der Waals surface area contributed by atoms with E-state index in [-0.39, 0.29) is 18.4 Å². The highest BCUT2D eigenvalue weighted by Crippen LogP contribution is 2.30. The van der Waals surface area contributed by atoms with E-state index >= 15 is 0 Å². The SMILES string of the molecule is CS(=O)(=O)N1CCC(NC(=O)Cc2ccc3c(c2)OCCO3)CC1. The van der Waals surface area contributed by atoms with Crippen LogP contribution in [-0.2, 0) is 21.2 Å². The average molecular weight is 354 g/mol. The van der Waals surface area contributed by atoms with Crippen molar-refractivity contribution >= 4 is 15.9 Å². The number of benzene rings is 1. The van der Waals surface area contributed by atoms with Crippen LogP contribution in [0.1, 0.15) is 18.4 Å². The van der Waals surface area contributed by atoms with Crippen LogP contribution in [0.2, 0.25) is 0 Å². The van der Waals surface area contributed by atoms with Crippen LogP contribution >= 0.6 is 0 Å². The zero-order chi connectivity index (χ0) is 17.2. The van der Waals surface area contributed by atoms with Gasteiger partial charge in [0.15, 0.2) is 11.5 Å². The predicted octanol–water partition coefficient (Wildman–Crippen LogP) is 0.540. The first-order valence-corrected chi connectivity index (χ1v) is 9.89. The summed E-state index contributed by atoms with van der Waals surface area (Å²) in [6.45, 7) is 1.96. The van der Waals surface area contributed by atoms with Crippen LogP contribution in [0.15, 0.2) is 18.2 Å². The largest absolute Gasteiger partial charge is 0.486 e. The van der Waals surface area contributed by atoms with E-state index in [0.29, 0.717) is 50.6 Å². The van der Waals surface area contributed by atoms with Gasteiger partial charge in [-0.25, -0.2) is 12.7 Å². The van der Waals surface area contributed by atoms with Gasteiger partial charge in [-0.05, 0) is 30.5 Å². The van der Waals surface area contributed by atoms with Crippen LogP contribution in [0.4, 0.5) is 0 Å². The molecule has 8 heteroatoms. The molecule has 1 saturated heterocycles. The van der Waals surface area contributed by atoms with Crippen molar-refractivity contribution < 1.29 is 22.7 Å². The van der Waals surface area contributed by atoms with Gasteiger partial charge in [0.25, 0.3) is 0 Å². The zero-order valence-electron chi connectivity index (χ0n) is 13.7. The van der Waals surface area contributed by atoms with Gasteiger partial charge in [0, 0.05) is 19.1 Å². The van der Waals surface area contributed by atoms with Crippen LogP contribution in [0, 0.1) is 0 Å². The van der Waals surface area contributed by atoms with E-state index in [4.69, 9.17) is 9.47 Å². The van der Waals surface area contributed by atoms with Crippen LogP contribution in [-0.4, -0.2) is 57.2 Å². The molecule has 0 spiro atoms. The summed E-state index contributed by atoms with van der Waals surface area (Å²) >= 11 is 0. The van der Waals surface area contributed by atoms with Crippen molar-refractivity contribution in [2.75, 3.05) is 32.6 Å². The molecular weight excluding hydrogens is 332 g/mol. The number of hydrogen-bond acceptors (Lipinski definition) is 5. The van der Waals surface area contributed by atoms with Crippen molar-refractivity contribution in [3.63, 3.8) is 0 Å². The van der Waals surface area contributed by atoms with Crippen molar-refractivity contribution in [3.05, 3.63) is 23.8 Å². The Kier molecular flexibility index (Phi) is 4.96. The maximum absolute atomic E-state index is 12.2. The van der Waals surface area contributed by atoms with Crippen molar-refractivity contribution in [1.82, 2.24) is 9.62 Å². The standard InChI is InChI=1S/C16H22N2O5S/c1-24(20,21)18-6-4-13(5-7-18)17-16(19)11-12-2-3-14-15(10-12)23-9-8-22-14/h2-3,10,13H,4-9,11H2,1H3,(H,17,19). The van der Waals surface area contributed by atoms with Gasteiger partial charge < -0.3 is 14.8 Å². The number of hydrogen-bond donors (Lipinski definition) is 1. The van der Waals surface area contributed by atoms with Crippen molar-refractivity contribution in [1.29, 1.82) is 0 Å². The van der Waals surface area contributed by atoms with E-state index in [0.717, 1.165) is 5.56 Å². The summed E-state index contributed by atoms with van der Waals surface area (Å²) in [4.78, 5) is 12.2. The Hall–Kier alpha value is -1.80. The Morgan fingerprint density at radius 3 is 2.54 bits per heavy atom. The minimum absolute atomic E-state index is 0.0210. The molecule has 1 fully saturated rings. The van der Waals surface area contributed by atoms with Gasteiger partial charge in [-0.1, -0.05) is 6.07 Å². The Balaban J connectivity index is 1.51. The van der Waals surface area contributed by atoms with Gasteiger partial charge in [0.1, 0.15) is 13.2 Å². The molecule has 2 aliphatic rings. The fraction of sp³-hybridized carbons (Fsp3) is 0.562. The number of rotatable bonds is 4. The maximum Gasteiger partial charge on any atom is 0.224 e. The molecule has 0 aliphatic carbocycles. The molecule has 0 atom stereocenters. The summed E-state index contributed by atoms with van der Waals surface area (Å²) in [5, 5.41) is 2.99. The summed E-state index contributed by atoms with van der Waals surface area (Å²) < 4.78 is 35.4. The van der Waals surface area contributed by atoms with Crippen molar-refractivity contribution in [2.45, 2.75) is 25.3 Å². The van der Waals surface area contributed by atoms with Gasteiger partial charge in [-0.15, -0.1) is 0 Å². The maximum atomic E-state index is 12.2. The lowest BCUT2D eigenvalue weighted by molar-refractivity contribution is -0.121. The molecule has 1 amide bonds. The fourth-order valence-electron chi connectivity index (χ4n) is 2.99. The topological polar surface area (TPSA) is 84.9 Å². The molecule has 1 aromatic rings. The highest BCUT2D eigenvalue weighted by Gasteiger charge is 2.25. The molecule has 7 nitrogen and oxygen atoms in total. The number of nitrogens with zero attached hydrogens (tertiary/aromatic N) is 1. The van der Waals surface area contributed by atoms with Crippen LogP contribution < -0.4 is 14.8 Å². The number of carbonyl (C=O) groups is 1. The first-order valence-electron chi connectivity index (χ1n) is 8.05. The monoisotopic (exact) mass is 354 g/mol. The predicted molar refractivity (Wildman–Crippen MR) is 88.7 cm³/mol. The molecule has 0 radical (unpaired) electrons. The van der Waals surface area contributed by atoms with Gasteiger partial charge >= 0.3 is 0 Å². The minimum atomic E-state index is -3.14. The molecule has 24 heavy (non-hydrogen) atoms. The molecule has 0 aromatic heterocycles. The first kappa shape index (κ1) is 17.0. The van der Waals surface area contributed by atoms with Crippen LogP contribution in [0.5, 0.6) is 11.5 Å². The normalized spacial score (nSPS) is 19.0. The zero-order valence-corrected chi connectivity index (χ0v) is 14.5. The fourth-order valence-corrected chi connectivity index (χ4v) is 3.87. The minimum Gasteiger partial charge on any atom is -0.486 e. The second kappa shape index (κ2) is 6.98. The smallest absolute Gasteiger partial charge is 0.224 e. The van der Waals surface area contributed by atoms with Crippen molar-refractivity contribution in [2.24, 2.45) is 0 Å². The highest BCUT2D eigenvalue weighted by atomic mass is 32.2. The lowest BCUT2D eigenvalue weighted by atomic mass is 10.1. The Morgan fingerprint density at radius 1 is 1.21 bits per heavy atom. The summed E-state index contributed by atoms with van der Waals surface area (Å²) in [5.41, 5.74) is 0.866.